The second-order valence-electron chi connectivity index (χ2n) is 11.5. The minimum Gasteiger partial charge on any atom is -0.406 e. The lowest BCUT2D eigenvalue weighted by Gasteiger charge is -2.40. The normalized spacial score (nSPS) is 19.0. The van der Waals surface area contributed by atoms with Crippen molar-refractivity contribution in [1.29, 1.82) is 0 Å². The number of benzene rings is 3. The minimum absolute atomic E-state index is 0.0895. The maximum absolute atomic E-state index is 13.3. The van der Waals surface area contributed by atoms with Crippen LogP contribution < -0.4 is 10.1 Å². The number of carbonyl (C=O) groups excluding carboxylic acids is 1. The van der Waals surface area contributed by atoms with E-state index in [9.17, 15) is 22.4 Å². The number of hydrogen-bond acceptors (Lipinski definition) is 4. The topological polar surface area (TPSA) is 56.1 Å². The Hall–Kier alpha value is -3.88. The number of halogens is 4. The van der Waals surface area contributed by atoms with E-state index in [-0.39, 0.29) is 35.2 Å². The molecule has 5 rings (SSSR count). The molecule has 9 heteroatoms. The van der Waals surface area contributed by atoms with Crippen molar-refractivity contribution >= 4 is 28.5 Å². The molecule has 0 spiro atoms. The predicted octanol–water partition coefficient (Wildman–Crippen LogP) is 8.63. The number of nitrogens with one attached hydrogen (secondary N) is 1. The van der Waals surface area contributed by atoms with Crippen LogP contribution in [0.15, 0.2) is 66.7 Å². The summed E-state index contributed by atoms with van der Waals surface area (Å²) in [6, 6.07) is 16.9. The molecule has 2 atom stereocenters. The Morgan fingerprint density at radius 1 is 1.05 bits per heavy atom. The van der Waals surface area contributed by atoms with Crippen LogP contribution in [0.2, 0.25) is 0 Å². The van der Waals surface area contributed by atoms with E-state index in [1.165, 1.54) is 36.4 Å². The zero-order valence-corrected chi connectivity index (χ0v) is 22.6. The Labute approximate surface area is 230 Å². The summed E-state index contributed by atoms with van der Waals surface area (Å²) in [6.07, 6.45) is -1.69. The third kappa shape index (κ3) is 6.46. The fourth-order valence-corrected chi connectivity index (χ4v) is 5.98. The molecule has 5 nitrogen and oxygen atoms in total. The molecule has 4 aromatic rings. The standard InChI is InChI=1S/C31H31F4N3O2/c1-19-14-24(18-30(2,3)17-19)38-27-16-21(28(39)15-20-4-7-22(32)8-5-20)6-13-26(27)37-29(38)36-23-9-11-25(12-10-23)40-31(33,34)35/h4-13,16,19,24H,14-15,17-18H2,1-3H3,(H,36,37)/t19-,24+/m1/s1. The van der Waals surface area contributed by atoms with Crippen LogP contribution in [-0.4, -0.2) is 21.7 Å². The summed E-state index contributed by atoms with van der Waals surface area (Å²) < 4.78 is 57.2. The fraction of sp³-hybridized carbons (Fsp3) is 0.355. The van der Waals surface area contributed by atoms with E-state index < -0.39 is 6.36 Å². The van der Waals surface area contributed by atoms with E-state index in [0.717, 1.165) is 30.3 Å². The van der Waals surface area contributed by atoms with Gasteiger partial charge in [-0.05, 0) is 90.8 Å². The lowest BCUT2D eigenvalue weighted by molar-refractivity contribution is -0.274. The van der Waals surface area contributed by atoms with E-state index in [1.807, 2.05) is 12.1 Å². The van der Waals surface area contributed by atoms with Crippen LogP contribution in [0.1, 0.15) is 62.0 Å². The van der Waals surface area contributed by atoms with Gasteiger partial charge in [-0.2, -0.15) is 0 Å². The van der Waals surface area contributed by atoms with Gasteiger partial charge in [-0.25, -0.2) is 9.37 Å². The monoisotopic (exact) mass is 553 g/mol. The number of alkyl halides is 3. The molecular weight excluding hydrogens is 522 g/mol. The van der Waals surface area contributed by atoms with Crippen LogP contribution >= 0.6 is 0 Å². The molecule has 0 unspecified atom stereocenters. The van der Waals surface area contributed by atoms with Crippen molar-refractivity contribution in [3.63, 3.8) is 0 Å². The van der Waals surface area contributed by atoms with Crippen LogP contribution in [0.3, 0.4) is 0 Å². The van der Waals surface area contributed by atoms with Crippen molar-refractivity contribution in [2.45, 2.75) is 58.9 Å². The molecule has 3 aromatic carbocycles. The van der Waals surface area contributed by atoms with Crippen LogP contribution in [0.5, 0.6) is 5.75 Å². The number of imidazole rings is 1. The number of rotatable bonds is 7. The quantitative estimate of drug-likeness (QED) is 0.184. The van der Waals surface area contributed by atoms with E-state index in [4.69, 9.17) is 4.98 Å². The molecule has 0 saturated heterocycles. The number of hydrogen-bond donors (Lipinski definition) is 1. The fourth-order valence-electron chi connectivity index (χ4n) is 5.98. The summed E-state index contributed by atoms with van der Waals surface area (Å²) in [7, 11) is 0. The number of nitrogens with zero attached hydrogens (tertiary/aromatic N) is 2. The van der Waals surface area contributed by atoms with Gasteiger partial charge in [0.2, 0.25) is 5.95 Å². The summed E-state index contributed by atoms with van der Waals surface area (Å²) in [5.41, 5.74) is 3.42. The maximum atomic E-state index is 13.3. The average molecular weight is 554 g/mol. The van der Waals surface area contributed by atoms with Crippen molar-refractivity contribution in [3.05, 3.63) is 83.7 Å². The average Bonchev–Trinajstić information content (AvgIpc) is 3.21. The molecule has 1 saturated carbocycles. The zero-order valence-electron chi connectivity index (χ0n) is 22.6. The molecule has 1 heterocycles. The SMILES string of the molecule is C[C@@H]1C[C@H](n2c(Nc3ccc(OC(F)(F)F)cc3)nc3ccc(C(=O)Cc4ccc(F)cc4)cc32)CC(C)(C)C1. The highest BCUT2D eigenvalue weighted by Gasteiger charge is 2.35. The molecule has 1 aliphatic rings. The predicted molar refractivity (Wildman–Crippen MR) is 146 cm³/mol. The van der Waals surface area contributed by atoms with Crippen molar-refractivity contribution in [2.24, 2.45) is 11.3 Å². The van der Waals surface area contributed by atoms with Gasteiger partial charge in [-0.15, -0.1) is 13.2 Å². The van der Waals surface area contributed by atoms with Gasteiger partial charge in [0.25, 0.3) is 0 Å². The van der Waals surface area contributed by atoms with Gasteiger partial charge in [0.1, 0.15) is 11.6 Å². The van der Waals surface area contributed by atoms with E-state index in [2.05, 4.69) is 35.4 Å². The van der Waals surface area contributed by atoms with Crippen molar-refractivity contribution < 1.29 is 27.1 Å². The van der Waals surface area contributed by atoms with Gasteiger partial charge in [0, 0.05) is 23.7 Å². The van der Waals surface area contributed by atoms with Gasteiger partial charge in [0.05, 0.1) is 11.0 Å². The van der Waals surface area contributed by atoms with E-state index in [0.29, 0.717) is 28.6 Å². The number of ether oxygens (including phenoxy) is 1. The zero-order chi connectivity index (χ0) is 28.7. The van der Waals surface area contributed by atoms with Gasteiger partial charge in [-0.3, -0.25) is 4.79 Å². The second-order valence-corrected chi connectivity index (χ2v) is 11.5. The first-order chi connectivity index (χ1) is 18.8. The number of Topliss-reactive ketones (excluding diaryl/α,β-unsaturated/α-hetero) is 1. The molecule has 0 radical (unpaired) electrons. The van der Waals surface area contributed by atoms with Gasteiger partial charge >= 0.3 is 6.36 Å². The van der Waals surface area contributed by atoms with Crippen molar-refractivity contribution in [2.75, 3.05) is 5.32 Å². The summed E-state index contributed by atoms with van der Waals surface area (Å²) in [5.74, 6) is 0.277. The lowest BCUT2D eigenvalue weighted by Crippen LogP contribution is -2.29. The van der Waals surface area contributed by atoms with Gasteiger partial charge < -0.3 is 14.6 Å². The molecule has 0 aliphatic heterocycles. The summed E-state index contributed by atoms with van der Waals surface area (Å²) in [6.45, 7) is 6.73. The van der Waals surface area contributed by atoms with Crippen LogP contribution in [-0.2, 0) is 6.42 Å². The summed E-state index contributed by atoms with van der Waals surface area (Å²) >= 11 is 0. The smallest absolute Gasteiger partial charge is 0.406 e. The number of fused-ring (bicyclic) bond motifs is 1. The van der Waals surface area contributed by atoms with Crippen LogP contribution in [0.4, 0.5) is 29.2 Å². The largest absolute Gasteiger partial charge is 0.573 e. The number of ketones is 1. The molecule has 1 fully saturated rings. The summed E-state index contributed by atoms with van der Waals surface area (Å²) in [4.78, 5) is 18.0. The van der Waals surface area contributed by atoms with Crippen molar-refractivity contribution in [1.82, 2.24) is 9.55 Å². The van der Waals surface area contributed by atoms with Crippen molar-refractivity contribution in [3.8, 4) is 5.75 Å². The molecule has 40 heavy (non-hydrogen) atoms. The molecule has 1 N–H and O–H groups in total. The first kappa shape index (κ1) is 27.7. The van der Waals surface area contributed by atoms with Crippen LogP contribution in [0.25, 0.3) is 11.0 Å². The van der Waals surface area contributed by atoms with Gasteiger partial charge in [-0.1, -0.05) is 32.9 Å². The molecule has 0 amide bonds. The molecular formula is C31H31F4N3O2. The Morgan fingerprint density at radius 2 is 1.75 bits per heavy atom. The van der Waals surface area contributed by atoms with E-state index in [1.54, 1.807) is 18.2 Å². The third-order valence-corrected chi connectivity index (χ3v) is 7.36. The first-order valence-corrected chi connectivity index (χ1v) is 13.3. The highest BCUT2D eigenvalue weighted by molar-refractivity contribution is 6.00. The number of anilines is 2. The number of carbonyl (C=O) groups is 1. The summed E-state index contributed by atoms with van der Waals surface area (Å²) in [5, 5.41) is 3.28. The Bertz CT molecular complexity index is 1510. The highest BCUT2D eigenvalue weighted by atomic mass is 19.4. The third-order valence-electron chi connectivity index (χ3n) is 7.36. The molecule has 210 valence electrons. The molecule has 1 aliphatic carbocycles. The Balaban J connectivity index is 1.51. The number of aromatic nitrogens is 2. The second kappa shape index (κ2) is 10.6. The molecule has 1 aromatic heterocycles. The Morgan fingerprint density at radius 3 is 2.40 bits per heavy atom. The van der Waals surface area contributed by atoms with Crippen LogP contribution in [0, 0.1) is 17.2 Å². The van der Waals surface area contributed by atoms with Gasteiger partial charge in [0.15, 0.2) is 5.78 Å². The van der Waals surface area contributed by atoms with E-state index >= 15 is 0 Å². The lowest BCUT2D eigenvalue weighted by atomic mass is 9.70. The minimum atomic E-state index is -4.76. The molecule has 0 bridgehead atoms. The Kier molecular flexibility index (Phi) is 7.33. The maximum Gasteiger partial charge on any atom is 0.573 e. The highest BCUT2D eigenvalue weighted by Crippen LogP contribution is 2.46. The first-order valence-electron chi connectivity index (χ1n) is 13.3.